The standard InChI is InChI=1S/C15H15NO6/c1-9-6-13(21-14(9)17)22-15(18)16-5-4-10-2-3-11-12(7-10)20-8-19-11/h2-3,6-7,13H,4-5,8H2,1H3,(H,16,18). The molecule has 0 saturated carbocycles. The summed E-state index contributed by atoms with van der Waals surface area (Å²) in [5.41, 5.74) is 1.44. The fourth-order valence-corrected chi connectivity index (χ4v) is 2.12. The average Bonchev–Trinajstić information content (AvgIpc) is 3.05. The molecule has 116 valence electrons. The Balaban J connectivity index is 1.43. The third-order valence-corrected chi connectivity index (χ3v) is 3.27. The molecular formula is C15H15NO6. The highest BCUT2D eigenvalue weighted by Crippen LogP contribution is 2.32. The topological polar surface area (TPSA) is 83.1 Å². The SMILES string of the molecule is CC1=CC(OC(=O)NCCc2ccc3c(c2)OCO3)OC1=O. The smallest absolute Gasteiger partial charge is 0.410 e. The van der Waals surface area contributed by atoms with Gasteiger partial charge in [0.25, 0.3) is 6.29 Å². The number of nitrogens with one attached hydrogen (secondary N) is 1. The van der Waals surface area contributed by atoms with Gasteiger partial charge < -0.3 is 24.3 Å². The molecule has 0 bridgehead atoms. The van der Waals surface area contributed by atoms with Crippen molar-refractivity contribution in [2.45, 2.75) is 19.6 Å². The summed E-state index contributed by atoms with van der Waals surface area (Å²) in [6.07, 6.45) is 0.493. The summed E-state index contributed by atoms with van der Waals surface area (Å²) < 4.78 is 20.3. The molecule has 1 aromatic rings. The van der Waals surface area contributed by atoms with E-state index in [1.54, 1.807) is 6.92 Å². The van der Waals surface area contributed by atoms with E-state index in [9.17, 15) is 9.59 Å². The second-order valence-corrected chi connectivity index (χ2v) is 4.89. The van der Waals surface area contributed by atoms with Gasteiger partial charge in [-0.2, -0.15) is 0 Å². The van der Waals surface area contributed by atoms with E-state index in [0.29, 0.717) is 24.3 Å². The van der Waals surface area contributed by atoms with Gasteiger partial charge in [0.1, 0.15) is 0 Å². The fraction of sp³-hybridized carbons (Fsp3) is 0.333. The minimum atomic E-state index is -0.946. The molecule has 2 aliphatic heterocycles. The number of esters is 1. The van der Waals surface area contributed by atoms with Crippen LogP contribution in [0.25, 0.3) is 0 Å². The maximum atomic E-state index is 11.6. The van der Waals surface area contributed by atoms with Crippen molar-refractivity contribution in [1.82, 2.24) is 5.32 Å². The van der Waals surface area contributed by atoms with E-state index in [1.807, 2.05) is 18.2 Å². The van der Waals surface area contributed by atoms with Crippen LogP contribution in [0.2, 0.25) is 0 Å². The monoisotopic (exact) mass is 305 g/mol. The van der Waals surface area contributed by atoms with Crippen LogP contribution in [0, 0.1) is 0 Å². The normalized spacial score (nSPS) is 18.7. The molecule has 2 heterocycles. The molecule has 3 rings (SSSR count). The minimum Gasteiger partial charge on any atom is -0.454 e. The number of fused-ring (bicyclic) bond motifs is 1. The second-order valence-electron chi connectivity index (χ2n) is 4.89. The lowest BCUT2D eigenvalue weighted by atomic mass is 10.1. The molecule has 0 radical (unpaired) electrons. The zero-order chi connectivity index (χ0) is 15.5. The summed E-state index contributed by atoms with van der Waals surface area (Å²) in [7, 11) is 0. The molecule has 1 atom stereocenters. The molecule has 0 saturated heterocycles. The highest BCUT2D eigenvalue weighted by atomic mass is 16.7. The first-order valence-electron chi connectivity index (χ1n) is 6.84. The fourth-order valence-electron chi connectivity index (χ4n) is 2.12. The van der Waals surface area contributed by atoms with Gasteiger partial charge in [0.15, 0.2) is 11.5 Å². The lowest BCUT2D eigenvalue weighted by Crippen LogP contribution is -2.30. The van der Waals surface area contributed by atoms with Crippen LogP contribution in [0.3, 0.4) is 0 Å². The number of hydrogen-bond acceptors (Lipinski definition) is 6. The lowest BCUT2D eigenvalue weighted by Gasteiger charge is -2.11. The van der Waals surface area contributed by atoms with E-state index in [0.717, 1.165) is 11.3 Å². The zero-order valence-corrected chi connectivity index (χ0v) is 12.0. The minimum absolute atomic E-state index is 0.233. The highest BCUT2D eigenvalue weighted by molar-refractivity contribution is 5.90. The predicted molar refractivity (Wildman–Crippen MR) is 74.4 cm³/mol. The first-order chi connectivity index (χ1) is 10.6. The van der Waals surface area contributed by atoms with Crippen LogP contribution in [0.1, 0.15) is 12.5 Å². The molecule has 1 N–H and O–H groups in total. The number of benzene rings is 1. The first-order valence-corrected chi connectivity index (χ1v) is 6.84. The van der Waals surface area contributed by atoms with Gasteiger partial charge in [0.05, 0.1) is 0 Å². The van der Waals surface area contributed by atoms with Crippen molar-refractivity contribution in [3.05, 3.63) is 35.4 Å². The van der Waals surface area contributed by atoms with Gasteiger partial charge >= 0.3 is 12.1 Å². The van der Waals surface area contributed by atoms with Gasteiger partial charge in [-0.3, -0.25) is 0 Å². The van der Waals surface area contributed by atoms with Gasteiger partial charge in [-0.25, -0.2) is 9.59 Å². The molecule has 1 unspecified atom stereocenters. The Morgan fingerprint density at radius 2 is 2.18 bits per heavy atom. The van der Waals surface area contributed by atoms with E-state index in [1.165, 1.54) is 6.08 Å². The zero-order valence-electron chi connectivity index (χ0n) is 12.0. The second kappa shape index (κ2) is 5.97. The Kier molecular flexibility index (Phi) is 3.86. The third-order valence-electron chi connectivity index (χ3n) is 3.27. The molecule has 1 aromatic carbocycles. The number of hydrogen-bond donors (Lipinski definition) is 1. The van der Waals surface area contributed by atoms with Gasteiger partial charge in [-0.15, -0.1) is 0 Å². The molecule has 0 aromatic heterocycles. The molecule has 7 nitrogen and oxygen atoms in total. The summed E-state index contributed by atoms with van der Waals surface area (Å²) in [5.74, 6) is 0.957. The molecular weight excluding hydrogens is 290 g/mol. The lowest BCUT2D eigenvalue weighted by molar-refractivity contribution is -0.151. The maximum absolute atomic E-state index is 11.6. The van der Waals surface area contributed by atoms with E-state index in [2.05, 4.69) is 5.32 Å². The van der Waals surface area contributed by atoms with Crippen molar-refractivity contribution in [3.63, 3.8) is 0 Å². The Morgan fingerprint density at radius 3 is 2.95 bits per heavy atom. The molecule has 2 aliphatic rings. The summed E-state index contributed by atoms with van der Waals surface area (Å²) in [5, 5.41) is 2.60. The van der Waals surface area contributed by atoms with Crippen molar-refractivity contribution in [3.8, 4) is 11.5 Å². The number of carbonyl (C=O) groups is 2. The van der Waals surface area contributed by atoms with Gasteiger partial charge in [-0.05, 0) is 31.0 Å². The van der Waals surface area contributed by atoms with Crippen molar-refractivity contribution < 1.29 is 28.5 Å². The Labute approximate surface area is 126 Å². The molecule has 0 spiro atoms. The summed E-state index contributed by atoms with van der Waals surface area (Å²) in [4.78, 5) is 22.7. The first kappa shape index (κ1) is 14.2. The Bertz CT molecular complexity index is 639. The van der Waals surface area contributed by atoms with Crippen molar-refractivity contribution >= 4 is 12.1 Å². The van der Waals surface area contributed by atoms with E-state index >= 15 is 0 Å². The summed E-state index contributed by atoms with van der Waals surface area (Å²) in [6.45, 7) is 2.22. The Morgan fingerprint density at radius 1 is 1.36 bits per heavy atom. The predicted octanol–water partition coefficient (Wildman–Crippen LogP) is 1.51. The number of alkyl carbamates (subject to hydrolysis) is 1. The molecule has 0 fully saturated rings. The molecule has 0 aliphatic carbocycles. The van der Waals surface area contributed by atoms with Gasteiger partial charge in [0.2, 0.25) is 6.79 Å². The number of rotatable bonds is 4. The van der Waals surface area contributed by atoms with E-state index < -0.39 is 18.4 Å². The quantitative estimate of drug-likeness (QED) is 0.849. The number of cyclic esters (lactones) is 1. The maximum Gasteiger partial charge on any atom is 0.410 e. The van der Waals surface area contributed by atoms with Crippen molar-refractivity contribution in [2.75, 3.05) is 13.3 Å². The van der Waals surface area contributed by atoms with Crippen LogP contribution >= 0.6 is 0 Å². The van der Waals surface area contributed by atoms with Gasteiger partial charge in [-0.1, -0.05) is 6.07 Å². The average molecular weight is 305 g/mol. The Hall–Kier alpha value is -2.70. The number of amides is 1. The number of ether oxygens (including phenoxy) is 4. The van der Waals surface area contributed by atoms with Gasteiger partial charge in [0, 0.05) is 18.2 Å². The van der Waals surface area contributed by atoms with Crippen LogP contribution in [-0.2, 0) is 20.7 Å². The molecule has 7 heteroatoms. The molecule has 22 heavy (non-hydrogen) atoms. The number of carbonyl (C=O) groups excluding carboxylic acids is 2. The van der Waals surface area contributed by atoms with Crippen molar-refractivity contribution in [2.24, 2.45) is 0 Å². The van der Waals surface area contributed by atoms with Crippen LogP contribution in [0.5, 0.6) is 11.5 Å². The summed E-state index contributed by atoms with van der Waals surface area (Å²) in [6, 6.07) is 5.62. The van der Waals surface area contributed by atoms with Crippen LogP contribution in [-0.4, -0.2) is 31.7 Å². The molecule has 1 amide bonds. The van der Waals surface area contributed by atoms with E-state index in [-0.39, 0.29) is 6.79 Å². The summed E-state index contributed by atoms with van der Waals surface area (Å²) >= 11 is 0. The van der Waals surface area contributed by atoms with E-state index in [4.69, 9.17) is 18.9 Å². The largest absolute Gasteiger partial charge is 0.454 e. The van der Waals surface area contributed by atoms with Crippen LogP contribution in [0.15, 0.2) is 29.8 Å². The van der Waals surface area contributed by atoms with Crippen molar-refractivity contribution in [1.29, 1.82) is 0 Å². The van der Waals surface area contributed by atoms with Crippen LogP contribution < -0.4 is 14.8 Å². The third kappa shape index (κ3) is 3.13. The highest BCUT2D eigenvalue weighted by Gasteiger charge is 2.25. The van der Waals surface area contributed by atoms with Crippen LogP contribution in [0.4, 0.5) is 4.79 Å².